The molecule has 0 bridgehead atoms. The maximum Gasteiger partial charge on any atom is 0.208 e. The highest BCUT2D eigenvalue weighted by Gasteiger charge is 2.20. The molecule has 0 spiro atoms. The molecule has 0 unspecified atom stereocenters. The summed E-state index contributed by atoms with van der Waals surface area (Å²) in [4.78, 5) is 10.2. The second kappa shape index (κ2) is 9.44. The van der Waals surface area contributed by atoms with Crippen LogP contribution in [0.15, 0.2) is 30.3 Å². The van der Waals surface area contributed by atoms with Crippen LogP contribution in [0.2, 0.25) is 0 Å². The van der Waals surface area contributed by atoms with Gasteiger partial charge in [0.15, 0.2) is 0 Å². The highest BCUT2D eigenvalue weighted by molar-refractivity contribution is 5.13. The lowest BCUT2D eigenvalue weighted by Crippen LogP contribution is -2.27. The molecule has 0 saturated heterocycles. The second-order valence-corrected chi connectivity index (χ2v) is 4.95. The van der Waals surface area contributed by atoms with Crippen LogP contribution in [0.1, 0.15) is 25.3 Å². The van der Waals surface area contributed by atoms with Gasteiger partial charge in [0.25, 0.3) is 0 Å². The minimum Gasteiger partial charge on any atom is -0.381 e. The van der Waals surface area contributed by atoms with Gasteiger partial charge in [-0.3, -0.25) is 10.1 Å². The molecule has 0 aliphatic rings. The zero-order chi connectivity index (χ0) is 14.8. The van der Waals surface area contributed by atoms with E-state index in [0.29, 0.717) is 13.2 Å². The van der Waals surface area contributed by atoms with E-state index in [1.165, 1.54) is 0 Å². The van der Waals surface area contributed by atoms with Crippen LogP contribution in [0.4, 0.5) is 0 Å². The first-order valence-electron chi connectivity index (χ1n) is 6.89. The van der Waals surface area contributed by atoms with Gasteiger partial charge in [0.05, 0.1) is 12.7 Å². The number of benzene rings is 1. The molecule has 0 aliphatic heterocycles. The van der Waals surface area contributed by atoms with Gasteiger partial charge >= 0.3 is 0 Å². The summed E-state index contributed by atoms with van der Waals surface area (Å²) >= 11 is 0. The van der Waals surface area contributed by atoms with Gasteiger partial charge in [0.1, 0.15) is 0 Å². The molecule has 2 atom stereocenters. The van der Waals surface area contributed by atoms with E-state index in [0.717, 1.165) is 18.4 Å². The lowest BCUT2D eigenvalue weighted by Gasteiger charge is -2.19. The van der Waals surface area contributed by atoms with Gasteiger partial charge in [0.2, 0.25) is 6.54 Å². The maximum absolute atomic E-state index is 10.5. The third-order valence-corrected chi connectivity index (χ3v) is 3.26. The van der Waals surface area contributed by atoms with Crippen LogP contribution in [-0.2, 0) is 16.1 Å². The summed E-state index contributed by atoms with van der Waals surface area (Å²) in [6.07, 6.45) is 1.54. The molecule has 0 amide bonds. The van der Waals surface area contributed by atoms with Crippen LogP contribution < -0.4 is 0 Å². The Morgan fingerprint density at radius 1 is 1.30 bits per heavy atom. The monoisotopic (exact) mass is 281 g/mol. The minimum absolute atomic E-state index is 0.0522. The van der Waals surface area contributed by atoms with Crippen molar-refractivity contribution in [1.29, 1.82) is 0 Å². The summed E-state index contributed by atoms with van der Waals surface area (Å²) < 4.78 is 10.9. The molecule has 0 heterocycles. The Kier molecular flexibility index (Phi) is 7.84. The van der Waals surface area contributed by atoms with E-state index in [1.807, 2.05) is 37.3 Å². The highest BCUT2D eigenvalue weighted by Crippen LogP contribution is 2.13. The Labute approximate surface area is 120 Å². The van der Waals surface area contributed by atoms with E-state index in [9.17, 15) is 10.1 Å². The molecule has 0 aromatic heterocycles. The number of methoxy groups -OCH3 is 1. The fourth-order valence-corrected chi connectivity index (χ4v) is 2.14. The van der Waals surface area contributed by atoms with Crippen molar-refractivity contribution in [3.05, 3.63) is 46.0 Å². The largest absolute Gasteiger partial charge is 0.381 e. The molecule has 0 aliphatic carbocycles. The first-order chi connectivity index (χ1) is 9.63. The van der Waals surface area contributed by atoms with Crippen molar-refractivity contribution >= 4 is 0 Å². The molecule has 0 fully saturated rings. The molecular weight excluding hydrogens is 258 g/mol. The van der Waals surface area contributed by atoms with Gasteiger partial charge in [-0.15, -0.1) is 0 Å². The lowest BCUT2D eigenvalue weighted by atomic mass is 10.0. The zero-order valence-corrected chi connectivity index (χ0v) is 12.2. The minimum atomic E-state index is -0.289. The highest BCUT2D eigenvalue weighted by atomic mass is 16.6. The number of hydrogen-bond acceptors (Lipinski definition) is 4. The van der Waals surface area contributed by atoms with Gasteiger partial charge in [-0.1, -0.05) is 37.3 Å². The molecule has 1 aromatic rings. The van der Waals surface area contributed by atoms with E-state index >= 15 is 0 Å². The van der Waals surface area contributed by atoms with Gasteiger partial charge in [-0.05, 0) is 18.4 Å². The van der Waals surface area contributed by atoms with Crippen molar-refractivity contribution in [2.24, 2.45) is 5.92 Å². The van der Waals surface area contributed by atoms with Crippen molar-refractivity contribution < 1.29 is 14.4 Å². The second-order valence-electron chi connectivity index (χ2n) is 4.95. The third kappa shape index (κ3) is 6.63. The summed E-state index contributed by atoms with van der Waals surface area (Å²) in [5, 5.41) is 10.5. The van der Waals surface area contributed by atoms with E-state index in [-0.39, 0.29) is 23.5 Å². The summed E-state index contributed by atoms with van der Waals surface area (Å²) in [6.45, 7) is 3.04. The summed E-state index contributed by atoms with van der Waals surface area (Å²) in [7, 11) is 1.60. The maximum atomic E-state index is 10.5. The van der Waals surface area contributed by atoms with Crippen molar-refractivity contribution in [3.63, 3.8) is 0 Å². The first kappa shape index (κ1) is 16.6. The Morgan fingerprint density at radius 3 is 2.60 bits per heavy atom. The molecule has 0 N–H and O–H groups in total. The molecule has 1 rings (SSSR count). The van der Waals surface area contributed by atoms with Crippen LogP contribution >= 0.6 is 0 Å². The van der Waals surface area contributed by atoms with Crippen molar-refractivity contribution in [2.45, 2.75) is 32.5 Å². The van der Waals surface area contributed by atoms with Crippen LogP contribution in [0.5, 0.6) is 0 Å². The average molecular weight is 281 g/mol. The van der Waals surface area contributed by atoms with E-state index in [4.69, 9.17) is 9.47 Å². The van der Waals surface area contributed by atoms with Crippen LogP contribution in [0, 0.1) is 16.0 Å². The predicted octanol–water partition coefficient (Wildman–Crippen LogP) is 2.91. The van der Waals surface area contributed by atoms with Gasteiger partial charge in [-0.25, -0.2) is 0 Å². The first-order valence-corrected chi connectivity index (χ1v) is 6.89. The van der Waals surface area contributed by atoms with Crippen LogP contribution in [-0.4, -0.2) is 31.3 Å². The number of nitro groups is 1. The van der Waals surface area contributed by atoms with E-state index in [1.54, 1.807) is 7.11 Å². The molecule has 20 heavy (non-hydrogen) atoms. The summed E-state index contributed by atoms with van der Waals surface area (Å²) in [6, 6.07) is 10.00. The summed E-state index contributed by atoms with van der Waals surface area (Å²) in [5.74, 6) is -0.0795. The smallest absolute Gasteiger partial charge is 0.208 e. The molecule has 5 nitrogen and oxygen atoms in total. The van der Waals surface area contributed by atoms with Gasteiger partial charge < -0.3 is 9.47 Å². The Morgan fingerprint density at radius 2 is 2.00 bits per heavy atom. The quantitative estimate of drug-likeness (QED) is 0.376. The van der Waals surface area contributed by atoms with E-state index in [2.05, 4.69) is 0 Å². The number of rotatable bonds is 10. The SMILES string of the molecule is CO[C@@H](CCCOCc1ccccc1)[C@H](C)C[N+](=O)[O-]. The fraction of sp³-hybridized carbons (Fsp3) is 0.600. The van der Waals surface area contributed by atoms with Gasteiger partial charge in [-0.2, -0.15) is 0 Å². The van der Waals surface area contributed by atoms with Crippen molar-refractivity contribution in [2.75, 3.05) is 20.3 Å². The normalized spacial score (nSPS) is 13.9. The van der Waals surface area contributed by atoms with Crippen molar-refractivity contribution in [1.82, 2.24) is 0 Å². The molecule has 0 saturated carbocycles. The zero-order valence-electron chi connectivity index (χ0n) is 12.2. The Balaban J connectivity index is 2.17. The topological polar surface area (TPSA) is 61.6 Å². The van der Waals surface area contributed by atoms with Crippen LogP contribution in [0.25, 0.3) is 0 Å². The fourth-order valence-electron chi connectivity index (χ4n) is 2.14. The molecule has 1 aromatic carbocycles. The summed E-state index contributed by atoms with van der Waals surface area (Å²) in [5.41, 5.74) is 1.15. The average Bonchev–Trinajstić information content (AvgIpc) is 2.43. The standard InChI is InChI=1S/C15H23NO4/c1-13(11-16(17)18)15(19-2)9-6-10-20-12-14-7-4-3-5-8-14/h3-5,7-8,13,15H,6,9-12H2,1-2H3/t13-,15+/m1/s1. The van der Waals surface area contributed by atoms with Crippen molar-refractivity contribution in [3.8, 4) is 0 Å². The van der Waals surface area contributed by atoms with Gasteiger partial charge in [0, 0.05) is 24.6 Å². The molecule has 5 heteroatoms. The van der Waals surface area contributed by atoms with E-state index < -0.39 is 0 Å². The Hall–Kier alpha value is -1.46. The molecule has 0 radical (unpaired) electrons. The lowest BCUT2D eigenvalue weighted by molar-refractivity contribution is -0.489. The predicted molar refractivity (Wildman–Crippen MR) is 77.2 cm³/mol. The number of hydrogen-bond donors (Lipinski definition) is 0. The third-order valence-electron chi connectivity index (χ3n) is 3.26. The van der Waals surface area contributed by atoms with Crippen LogP contribution in [0.3, 0.4) is 0 Å². The molecular formula is C15H23NO4. The molecule has 112 valence electrons. The number of ether oxygens (including phenoxy) is 2. The Bertz CT molecular complexity index is 383. The number of nitrogens with zero attached hydrogens (tertiary/aromatic N) is 1.